The summed E-state index contributed by atoms with van der Waals surface area (Å²) in [5.41, 5.74) is 2.71. The predicted molar refractivity (Wildman–Crippen MR) is 260 cm³/mol. The van der Waals surface area contributed by atoms with Crippen molar-refractivity contribution in [3.63, 3.8) is 0 Å². The average molecular weight is 963 g/mol. The van der Waals surface area contributed by atoms with Crippen LogP contribution in [0.5, 0.6) is 0 Å². The normalized spacial score (nSPS) is 14.3. The molecule has 20 heteroatoms. The Morgan fingerprint density at radius 2 is 1.46 bits per heavy atom. The topological polar surface area (TPSA) is 251 Å². The fourth-order valence-electron chi connectivity index (χ4n) is 7.18. The molecule has 2 aromatic rings. The smallest absolute Gasteiger partial charge is 0.263 e. The van der Waals surface area contributed by atoms with Crippen LogP contribution in [0.1, 0.15) is 85.6 Å². The molecule has 1 heterocycles. The third kappa shape index (κ3) is 17.9. The molecule has 0 spiro atoms. The molecule has 8 amide bonds. The number of hydrogen-bond acceptors (Lipinski definition) is 13. The number of amides is 8. The number of rotatable bonds is 27. The number of carbonyl (C=O) groups excluding carboxylic acids is 8. The largest absolute Gasteiger partial charge is 0.347 e. The molecular formula is C48H70N10O9S. The van der Waals surface area contributed by atoms with Gasteiger partial charge in [-0.1, -0.05) is 77.4 Å². The lowest BCUT2D eigenvalue weighted by atomic mass is 9.76. The summed E-state index contributed by atoms with van der Waals surface area (Å²) in [5, 5.41) is 27.7. The maximum absolute atomic E-state index is 13.8. The second-order valence-electron chi connectivity index (χ2n) is 18.2. The molecule has 1 aliphatic heterocycles. The lowest BCUT2D eigenvalue weighted by Crippen LogP contribution is -2.60. The molecule has 0 aliphatic carbocycles. The first kappa shape index (κ1) is 56.4. The van der Waals surface area contributed by atoms with Gasteiger partial charge in [-0.15, -0.1) is 0 Å². The lowest BCUT2D eigenvalue weighted by molar-refractivity contribution is -0.139. The molecule has 68 heavy (non-hydrogen) atoms. The minimum absolute atomic E-state index is 0.0456. The van der Waals surface area contributed by atoms with E-state index in [2.05, 4.69) is 37.3 Å². The van der Waals surface area contributed by atoms with Gasteiger partial charge in [0.05, 0.1) is 12.6 Å². The van der Waals surface area contributed by atoms with Crippen molar-refractivity contribution < 1.29 is 43.6 Å². The summed E-state index contributed by atoms with van der Waals surface area (Å²) in [6.45, 7) is 11.7. The summed E-state index contributed by atoms with van der Waals surface area (Å²) >= 11 is 0.791. The Bertz CT molecular complexity index is 2110. The minimum Gasteiger partial charge on any atom is -0.347 e. The van der Waals surface area contributed by atoms with Crippen LogP contribution >= 0.6 is 11.9 Å². The molecule has 3 unspecified atom stereocenters. The maximum Gasteiger partial charge on any atom is 0.263 e. The highest BCUT2D eigenvalue weighted by molar-refractivity contribution is 7.96. The zero-order valence-corrected chi connectivity index (χ0v) is 41.5. The Hall–Kier alpha value is -5.93. The molecule has 3 rings (SSSR count). The number of carbonyl (C=O) groups is 8. The molecule has 2 aromatic carbocycles. The quantitative estimate of drug-likeness (QED) is 0.0211. The number of likely N-dealkylation sites (N-methyl/N-ethyl adjacent to an activating group) is 2. The highest BCUT2D eigenvalue weighted by Gasteiger charge is 2.40. The summed E-state index contributed by atoms with van der Waals surface area (Å²) in [6.07, 6.45) is 6.71. The maximum atomic E-state index is 13.8. The fraction of sp³-hybridized carbons (Fsp3) is 0.500. The fourth-order valence-corrected chi connectivity index (χ4v) is 7.77. The van der Waals surface area contributed by atoms with Crippen LogP contribution < -0.4 is 37.3 Å². The Morgan fingerprint density at radius 3 is 2.06 bits per heavy atom. The van der Waals surface area contributed by atoms with Crippen LogP contribution in [0.25, 0.3) is 0 Å². The number of benzene rings is 2. The van der Waals surface area contributed by atoms with E-state index < -0.39 is 46.7 Å². The molecule has 0 aromatic heterocycles. The highest BCUT2D eigenvalue weighted by atomic mass is 32.2. The van der Waals surface area contributed by atoms with Crippen molar-refractivity contribution in [1.29, 1.82) is 0 Å². The lowest BCUT2D eigenvalue weighted by Gasteiger charge is -2.38. The van der Waals surface area contributed by atoms with E-state index in [-0.39, 0.29) is 61.2 Å². The minimum atomic E-state index is -0.903. The molecule has 0 saturated carbocycles. The molecule has 3 atom stereocenters. The number of unbranched alkanes of at least 4 members (excludes halogenated alkanes) is 2. The van der Waals surface area contributed by atoms with Gasteiger partial charge in [0.2, 0.25) is 29.5 Å². The second-order valence-corrected chi connectivity index (χ2v) is 19.2. The summed E-state index contributed by atoms with van der Waals surface area (Å²) in [5.74, 6) is -3.34. The summed E-state index contributed by atoms with van der Waals surface area (Å²) in [6, 6.07) is 13.6. The van der Waals surface area contributed by atoms with Crippen LogP contribution in [-0.2, 0) is 43.8 Å². The van der Waals surface area contributed by atoms with Crippen molar-refractivity contribution in [3.8, 4) is 0 Å². The third-order valence-corrected chi connectivity index (χ3v) is 12.1. The molecule has 1 aliphatic rings. The molecule has 0 radical (unpaired) electrons. The van der Waals surface area contributed by atoms with Gasteiger partial charge in [0, 0.05) is 72.2 Å². The highest BCUT2D eigenvalue weighted by Crippen LogP contribution is 2.29. The van der Waals surface area contributed by atoms with Gasteiger partial charge in [-0.25, -0.2) is 0 Å². The van der Waals surface area contributed by atoms with E-state index in [1.807, 2.05) is 65.0 Å². The van der Waals surface area contributed by atoms with Crippen LogP contribution in [0.2, 0.25) is 0 Å². The van der Waals surface area contributed by atoms with Crippen molar-refractivity contribution in [1.82, 2.24) is 46.4 Å². The Morgan fingerprint density at radius 1 is 0.809 bits per heavy atom. The zero-order chi connectivity index (χ0) is 50.6. The molecule has 372 valence electrons. The van der Waals surface area contributed by atoms with Crippen LogP contribution in [0.4, 0.5) is 5.69 Å². The van der Waals surface area contributed by atoms with E-state index in [4.69, 9.17) is 0 Å². The van der Waals surface area contributed by atoms with E-state index in [1.165, 1.54) is 24.0 Å². The van der Waals surface area contributed by atoms with Crippen LogP contribution in [0.15, 0.2) is 83.3 Å². The number of anilines is 1. The zero-order valence-electron chi connectivity index (χ0n) is 40.7. The first-order valence-corrected chi connectivity index (χ1v) is 23.4. The monoisotopic (exact) mass is 963 g/mol. The van der Waals surface area contributed by atoms with Gasteiger partial charge in [0.1, 0.15) is 12.1 Å². The van der Waals surface area contributed by atoms with Crippen molar-refractivity contribution >= 4 is 64.9 Å². The predicted octanol–water partition coefficient (Wildman–Crippen LogP) is 2.94. The van der Waals surface area contributed by atoms with E-state index in [1.54, 1.807) is 51.5 Å². The van der Waals surface area contributed by atoms with Gasteiger partial charge in [-0.2, -0.15) is 0 Å². The van der Waals surface area contributed by atoms with Gasteiger partial charge in [-0.05, 0) is 93.1 Å². The van der Waals surface area contributed by atoms with Crippen LogP contribution in [0.3, 0.4) is 0 Å². The van der Waals surface area contributed by atoms with Crippen LogP contribution in [-0.4, -0.2) is 132 Å². The van der Waals surface area contributed by atoms with Gasteiger partial charge < -0.3 is 36.8 Å². The number of hydrogen-bond donors (Lipinski definition) is 8. The first-order chi connectivity index (χ1) is 32.1. The van der Waals surface area contributed by atoms with E-state index in [0.29, 0.717) is 53.8 Å². The van der Waals surface area contributed by atoms with Crippen molar-refractivity contribution in [3.05, 3.63) is 84.0 Å². The SMILES string of the molecule is CNCCCC(NC(=O)CNC(=O)CCCCCN1C(=O)C=CC1=O)C(=O)Nc1ccc(SN(O)NC(=O)/C(C)=C/CN(C)C(=O)C(NC(=O)C(NC)C(C)(C)c2ccccc2)C(C)(C)C)cc1. The molecule has 19 nitrogen and oxygen atoms in total. The number of nitrogens with one attached hydrogen (secondary N) is 7. The average Bonchev–Trinajstić information content (AvgIpc) is 3.61. The van der Waals surface area contributed by atoms with Crippen molar-refractivity contribution in [2.75, 3.05) is 52.6 Å². The number of imide groups is 1. The number of nitrogens with zero attached hydrogens (tertiary/aromatic N) is 3. The Labute approximate surface area is 404 Å². The standard InChI is InChI=1S/C48H70N10O9S/c1-32(27-30-56(9)46(66)42(47(2,3)4)54-45(65)41(50-8)48(5,6)33-17-12-10-13-18-33)43(63)55-58(67)68-35-23-21-34(22-24-35)52-44(64)36(19-16-28-49-7)53-38(60)31-51-37(59)20-14-11-15-29-57-39(61)25-26-40(57)62/h10,12-13,17-18,21-27,36,41-42,49-50,67H,11,14-16,19-20,28-31H2,1-9H3,(H,51,59)(H,52,64)(H,53,60)(H,54,65)(H,55,63)/b32-27+. The third-order valence-electron chi connectivity index (χ3n) is 11.3. The Kier molecular flexibility index (Phi) is 22.5. The van der Waals surface area contributed by atoms with E-state index >= 15 is 0 Å². The molecule has 0 bridgehead atoms. The second kappa shape index (κ2) is 27.2. The molecule has 0 saturated heterocycles. The van der Waals surface area contributed by atoms with E-state index in [9.17, 15) is 43.6 Å². The molecule has 0 fully saturated rings. The van der Waals surface area contributed by atoms with Crippen LogP contribution in [0, 0.1) is 5.41 Å². The van der Waals surface area contributed by atoms with E-state index in [0.717, 1.165) is 22.4 Å². The summed E-state index contributed by atoms with van der Waals surface area (Å²) in [7, 11) is 5.07. The van der Waals surface area contributed by atoms with Gasteiger partial charge in [-0.3, -0.25) is 53.9 Å². The molecule has 8 N–H and O–H groups in total. The first-order valence-electron chi connectivity index (χ1n) is 22.7. The molecular weight excluding hydrogens is 893 g/mol. The summed E-state index contributed by atoms with van der Waals surface area (Å²) < 4.78 is 0.536. The Balaban J connectivity index is 1.48. The summed E-state index contributed by atoms with van der Waals surface area (Å²) in [4.78, 5) is 105. The van der Waals surface area contributed by atoms with Gasteiger partial charge in [0.15, 0.2) is 0 Å². The number of hydrazine groups is 1. The van der Waals surface area contributed by atoms with Crippen molar-refractivity contribution in [2.24, 2.45) is 5.41 Å². The van der Waals surface area contributed by atoms with Gasteiger partial charge in [0.25, 0.3) is 17.7 Å². The van der Waals surface area contributed by atoms with Gasteiger partial charge >= 0.3 is 0 Å². The van der Waals surface area contributed by atoms with Crippen molar-refractivity contribution in [2.45, 2.75) is 109 Å².